The Morgan fingerprint density at radius 1 is 1.21 bits per heavy atom. The minimum atomic E-state index is -1.80. The summed E-state index contributed by atoms with van der Waals surface area (Å²) in [4.78, 5) is 12.0. The highest BCUT2D eigenvalue weighted by Gasteiger charge is 2.55. The topological polar surface area (TPSA) is 146 Å². The molecule has 0 bridgehead atoms. The van der Waals surface area contributed by atoms with Gasteiger partial charge in [0.1, 0.15) is 24.4 Å². The first-order valence-electron chi connectivity index (χ1n) is 7.53. The van der Waals surface area contributed by atoms with Crippen LogP contribution in [0.5, 0.6) is 0 Å². The van der Waals surface area contributed by atoms with Crippen LogP contribution in [0.1, 0.15) is 6.92 Å². The van der Waals surface area contributed by atoms with E-state index in [-0.39, 0.29) is 0 Å². The molecule has 134 valence electrons. The molecule has 2 aliphatic heterocycles. The lowest BCUT2D eigenvalue weighted by molar-refractivity contribution is -0.342. The smallest absolute Gasteiger partial charge is 0.211 e. The van der Waals surface area contributed by atoms with E-state index in [1.54, 1.807) is 6.92 Å². The highest BCUT2D eigenvalue weighted by atomic mass is 16.8. The van der Waals surface area contributed by atoms with Crippen LogP contribution in [0, 0.1) is 5.92 Å². The van der Waals surface area contributed by atoms with E-state index in [2.05, 4.69) is 0 Å². The summed E-state index contributed by atoms with van der Waals surface area (Å²) in [5.41, 5.74) is -1.28. The zero-order valence-corrected chi connectivity index (χ0v) is 12.8. The molecule has 0 amide bonds. The number of fused-ring (bicyclic) bond motifs is 1. The summed E-state index contributed by atoms with van der Waals surface area (Å²) in [7, 11) is 0. The molecule has 0 radical (unpaired) electrons. The normalized spacial score (nSPS) is 48.0. The summed E-state index contributed by atoms with van der Waals surface area (Å²) in [6.45, 7) is 1.04. The Balaban J connectivity index is 1.79. The molecule has 1 aliphatic carbocycles. The van der Waals surface area contributed by atoms with Crippen molar-refractivity contribution in [2.75, 3.05) is 6.61 Å². The fraction of sp³-hybridized carbons (Fsp3) is 0.667. The van der Waals surface area contributed by atoms with Gasteiger partial charge in [-0.1, -0.05) is 5.57 Å². The zero-order valence-electron chi connectivity index (χ0n) is 12.8. The number of ether oxygens (including phenoxy) is 3. The van der Waals surface area contributed by atoms with Crippen LogP contribution in [0.3, 0.4) is 0 Å². The molecule has 2 heterocycles. The van der Waals surface area contributed by atoms with Crippen molar-refractivity contribution in [3.63, 3.8) is 0 Å². The third kappa shape index (κ3) is 2.58. The van der Waals surface area contributed by atoms with E-state index in [0.717, 1.165) is 6.26 Å². The van der Waals surface area contributed by atoms with Gasteiger partial charge in [-0.3, -0.25) is 4.79 Å². The van der Waals surface area contributed by atoms with Crippen LogP contribution in [-0.2, 0) is 19.0 Å². The molecule has 8 atom stereocenters. The number of aliphatic hydroxyl groups excluding tert-OH is 4. The first-order chi connectivity index (χ1) is 11.3. The van der Waals surface area contributed by atoms with Crippen molar-refractivity contribution in [2.45, 2.75) is 49.5 Å². The number of ketones is 1. The van der Waals surface area contributed by atoms with Crippen LogP contribution in [0.25, 0.3) is 0 Å². The SMILES string of the molecule is CC1=CC(=O)[C@@]2(O)C=CO[C@@H](O[C@H]3O[C@H](CO)[C@@H](O)[C@H](O)[C@@H]3O)[C@H]12. The van der Waals surface area contributed by atoms with E-state index in [0.29, 0.717) is 5.57 Å². The van der Waals surface area contributed by atoms with Gasteiger partial charge < -0.3 is 39.7 Å². The molecule has 1 fully saturated rings. The van der Waals surface area contributed by atoms with E-state index in [9.17, 15) is 30.3 Å². The summed E-state index contributed by atoms with van der Waals surface area (Å²) >= 11 is 0. The average molecular weight is 344 g/mol. The highest BCUT2D eigenvalue weighted by Crippen LogP contribution is 2.41. The standard InChI is InChI=1S/C15H20O9/c1-6-4-8(17)15(21)2-3-22-13(9(6)15)24-14-12(20)11(19)10(18)7(5-16)23-14/h2-4,7,9-14,16,18-21H,5H2,1H3/t7-,9+,10-,11+,12+,13+,14-,15+/m1/s1. The van der Waals surface area contributed by atoms with E-state index < -0.39 is 60.9 Å². The third-order valence-corrected chi connectivity index (χ3v) is 4.64. The number of aliphatic hydroxyl groups is 5. The Kier molecular flexibility index (Phi) is 4.51. The van der Waals surface area contributed by atoms with E-state index in [1.807, 2.05) is 0 Å². The molecule has 1 saturated heterocycles. The summed E-state index contributed by atoms with van der Waals surface area (Å²) in [5, 5.41) is 49.3. The largest absolute Gasteiger partial charge is 0.472 e. The minimum Gasteiger partial charge on any atom is -0.472 e. The second-order valence-corrected chi connectivity index (χ2v) is 6.20. The Labute approximate surface area is 137 Å². The van der Waals surface area contributed by atoms with Crippen molar-refractivity contribution >= 4 is 5.78 Å². The maximum atomic E-state index is 12.0. The molecule has 3 aliphatic rings. The molecule has 0 aromatic carbocycles. The predicted molar refractivity (Wildman–Crippen MR) is 76.1 cm³/mol. The molecular weight excluding hydrogens is 324 g/mol. The van der Waals surface area contributed by atoms with E-state index in [1.165, 1.54) is 12.2 Å². The van der Waals surface area contributed by atoms with Crippen molar-refractivity contribution in [1.29, 1.82) is 0 Å². The lowest BCUT2D eigenvalue weighted by Crippen LogP contribution is -2.61. The summed E-state index contributed by atoms with van der Waals surface area (Å²) < 4.78 is 16.1. The van der Waals surface area contributed by atoms with E-state index >= 15 is 0 Å². The molecule has 9 nitrogen and oxygen atoms in total. The first-order valence-corrected chi connectivity index (χ1v) is 7.53. The van der Waals surface area contributed by atoms with Gasteiger partial charge in [-0.2, -0.15) is 0 Å². The van der Waals surface area contributed by atoms with Crippen LogP contribution in [0.4, 0.5) is 0 Å². The summed E-state index contributed by atoms with van der Waals surface area (Å²) in [5.74, 6) is -1.35. The summed E-state index contributed by atoms with van der Waals surface area (Å²) in [6, 6.07) is 0. The molecule has 24 heavy (non-hydrogen) atoms. The van der Waals surface area contributed by atoms with Gasteiger partial charge in [0.05, 0.1) is 18.8 Å². The number of hydrogen-bond donors (Lipinski definition) is 5. The van der Waals surface area contributed by atoms with Crippen LogP contribution < -0.4 is 0 Å². The second kappa shape index (κ2) is 6.19. The molecular formula is C15H20O9. The van der Waals surface area contributed by atoms with Gasteiger partial charge in [0.2, 0.25) is 6.29 Å². The fourth-order valence-electron chi connectivity index (χ4n) is 3.24. The van der Waals surface area contributed by atoms with E-state index in [4.69, 9.17) is 14.2 Å². The molecule has 0 saturated carbocycles. The average Bonchev–Trinajstić information content (AvgIpc) is 2.78. The van der Waals surface area contributed by atoms with Crippen molar-refractivity contribution < 1.29 is 44.5 Å². The molecule has 0 spiro atoms. The van der Waals surface area contributed by atoms with Gasteiger partial charge >= 0.3 is 0 Å². The van der Waals surface area contributed by atoms with Gasteiger partial charge in [0.25, 0.3) is 0 Å². The van der Waals surface area contributed by atoms with Crippen LogP contribution in [0.15, 0.2) is 24.0 Å². The molecule has 0 unspecified atom stereocenters. The van der Waals surface area contributed by atoms with Gasteiger partial charge in [-0.15, -0.1) is 0 Å². The van der Waals surface area contributed by atoms with Crippen molar-refractivity contribution in [2.24, 2.45) is 5.92 Å². The molecule has 3 rings (SSSR count). The Morgan fingerprint density at radius 3 is 2.58 bits per heavy atom. The highest BCUT2D eigenvalue weighted by molar-refractivity contribution is 6.02. The number of hydrogen-bond acceptors (Lipinski definition) is 9. The Morgan fingerprint density at radius 2 is 1.92 bits per heavy atom. The molecule has 0 aromatic heterocycles. The van der Waals surface area contributed by atoms with Gasteiger partial charge in [0, 0.05) is 0 Å². The van der Waals surface area contributed by atoms with Crippen molar-refractivity contribution in [1.82, 2.24) is 0 Å². The number of carbonyl (C=O) groups is 1. The van der Waals surface area contributed by atoms with Gasteiger partial charge in [0.15, 0.2) is 17.7 Å². The lowest BCUT2D eigenvalue weighted by Gasteiger charge is -2.43. The monoisotopic (exact) mass is 344 g/mol. The first kappa shape index (κ1) is 17.5. The maximum absolute atomic E-state index is 12.0. The summed E-state index contributed by atoms with van der Waals surface area (Å²) in [6.07, 6.45) is -4.80. The molecule has 9 heteroatoms. The number of carbonyl (C=O) groups excluding carboxylic acids is 1. The van der Waals surface area contributed by atoms with Crippen LogP contribution in [0.2, 0.25) is 0 Å². The van der Waals surface area contributed by atoms with Crippen molar-refractivity contribution in [3.05, 3.63) is 24.0 Å². The van der Waals surface area contributed by atoms with Crippen LogP contribution in [-0.4, -0.2) is 80.5 Å². The van der Waals surface area contributed by atoms with Gasteiger partial charge in [-0.25, -0.2) is 0 Å². The molecule has 5 N–H and O–H groups in total. The Bertz CT molecular complexity index is 571. The van der Waals surface area contributed by atoms with Crippen molar-refractivity contribution in [3.8, 4) is 0 Å². The fourth-order valence-corrected chi connectivity index (χ4v) is 3.24. The van der Waals surface area contributed by atoms with Crippen LogP contribution >= 0.6 is 0 Å². The third-order valence-electron chi connectivity index (χ3n) is 4.64. The molecule has 0 aromatic rings. The van der Waals surface area contributed by atoms with Gasteiger partial charge in [-0.05, 0) is 19.1 Å². The predicted octanol–water partition coefficient (Wildman–Crippen LogP) is -2.45. The quantitative estimate of drug-likeness (QED) is 0.376. The zero-order chi connectivity index (χ0) is 17.6. The second-order valence-electron chi connectivity index (χ2n) is 6.20. The Hall–Kier alpha value is -1.33. The number of rotatable bonds is 3. The maximum Gasteiger partial charge on any atom is 0.211 e. The lowest BCUT2D eigenvalue weighted by atomic mass is 9.84. The minimum absolute atomic E-state index is 0.507.